The largest absolute Gasteiger partial charge is 0.478 e. The Morgan fingerprint density at radius 1 is 1.32 bits per heavy atom. The van der Waals surface area contributed by atoms with Crippen molar-refractivity contribution in [1.29, 1.82) is 0 Å². The number of carboxylic acids is 1. The second kappa shape index (κ2) is 7.31. The lowest BCUT2D eigenvalue weighted by Crippen LogP contribution is -2.32. The maximum absolute atomic E-state index is 11.9. The van der Waals surface area contributed by atoms with E-state index in [0.29, 0.717) is 19.0 Å². The Morgan fingerprint density at radius 2 is 1.95 bits per heavy atom. The Labute approximate surface area is 112 Å². The maximum Gasteiger partial charge on any atom is 0.328 e. The molecule has 1 rings (SSSR count). The minimum atomic E-state index is -1.12. The Balaban J connectivity index is 2.77. The number of nitrogens with zero attached hydrogens (tertiary/aromatic N) is 2. The van der Waals surface area contributed by atoms with Crippen molar-refractivity contribution in [2.45, 2.75) is 20.4 Å². The fraction of sp³-hybridized carbons (Fsp3) is 0.357. The fourth-order valence-electron chi connectivity index (χ4n) is 1.63. The van der Waals surface area contributed by atoms with Gasteiger partial charge in [-0.05, 0) is 23.6 Å². The van der Waals surface area contributed by atoms with E-state index in [1.165, 1.54) is 0 Å². The van der Waals surface area contributed by atoms with Crippen LogP contribution in [0, 0.1) is 5.92 Å². The minimum absolute atomic E-state index is 0.298. The molecule has 1 aromatic rings. The van der Waals surface area contributed by atoms with Crippen molar-refractivity contribution in [3.8, 4) is 0 Å². The molecule has 0 aliphatic rings. The molecule has 0 unspecified atom stereocenters. The first-order chi connectivity index (χ1) is 8.99. The minimum Gasteiger partial charge on any atom is -0.478 e. The van der Waals surface area contributed by atoms with Crippen molar-refractivity contribution >= 4 is 11.9 Å². The molecule has 1 amide bonds. The predicted molar refractivity (Wildman–Crippen MR) is 71.3 cm³/mol. The van der Waals surface area contributed by atoms with Crippen molar-refractivity contribution in [3.63, 3.8) is 0 Å². The Morgan fingerprint density at radius 3 is 2.47 bits per heavy atom. The van der Waals surface area contributed by atoms with E-state index in [4.69, 9.17) is 5.11 Å². The van der Waals surface area contributed by atoms with Crippen LogP contribution in [0.3, 0.4) is 0 Å². The second-order valence-corrected chi connectivity index (χ2v) is 4.64. The highest BCUT2D eigenvalue weighted by atomic mass is 16.4. The third-order valence-electron chi connectivity index (χ3n) is 2.39. The van der Waals surface area contributed by atoms with Crippen molar-refractivity contribution in [2.24, 2.45) is 5.92 Å². The van der Waals surface area contributed by atoms with Crippen LogP contribution in [0.4, 0.5) is 0 Å². The third kappa shape index (κ3) is 5.81. The normalized spacial score (nSPS) is 10.9. The van der Waals surface area contributed by atoms with E-state index in [0.717, 1.165) is 17.7 Å². The predicted octanol–water partition coefficient (Wildman–Crippen LogP) is 1.71. The Kier molecular flexibility index (Phi) is 5.73. The van der Waals surface area contributed by atoms with Crippen LogP contribution in [0.15, 0.2) is 36.7 Å². The quantitative estimate of drug-likeness (QED) is 0.792. The first kappa shape index (κ1) is 14.9. The number of pyridine rings is 1. The van der Waals surface area contributed by atoms with Gasteiger partial charge in [0, 0.05) is 37.6 Å². The molecule has 5 nitrogen and oxygen atoms in total. The zero-order valence-corrected chi connectivity index (χ0v) is 11.1. The third-order valence-corrected chi connectivity index (χ3v) is 2.39. The lowest BCUT2D eigenvalue weighted by Gasteiger charge is -2.23. The number of hydrogen-bond acceptors (Lipinski definition) is 3. The molecule has 0 saturated carbocycles. The number of amides is 1. The van der Waals surface area contributed by atoms with Gasteiger partial charge >= 0.3 is 5.97 Å². The van der Waals surface area contributed by atoms with Crippen molar-refractivity contribution in [2.75, 3.05) is 6.54 Å². The van der Waals surface area contributed by atoms with Crippen LogP contribution in [-0.4, -0.2) is 33.4 Å². The van der Waals surface area contributed by atoms with E-state index in [1.807, 2.05) is 26.0 Å². The van der Waals surface area contributed by atoms with Crippen LogP contribution < -0.4 is 0 Å². The standard InChI is InChI=1S/C14H18N2O3/c1-11(2)9-16(13(17)3-4-14(18)19)10-12-5-7-15-8-6-12/h3-8,11H,9-10H2,1-2H3,(H,18,19)/b4-3+. The lowest BCUT2D eigenvalue weighted by molar-refractivity contribution is -0.132. The van der Waals surface area contributed by atoms with Crippen LogP contribution in [0.1, 0.15) is 19.4 Å². The van der Waals surface area contributed by atoms with Gasteiger partial charge in [0.1, 0.15) is 0 Å². The molecule has 102 valence electrons. The lowest BCUT2D eigenvalue weighted by atomic mass is 10.1. The smallest absolute Gasteiger partial charge is 0.328 e. The van der Waals surface area contributed by atoms with E-state index >= 15 is 0 Å². The van der Waals surface area contributed by atoms with Crippen LogP contribution in [0.2, 0.25) is 0 Å². The van der Waals surface area contributed by atoms with E-state index in [1.54, 1.807) is 17.3 Å². The monoisotopic (exact) mass is 262 g/mol. The molecule has 0 saturated heterocycles. The summed E-state index contributed by atoms with van der Waals surface area (Å²) in [6, 6.07) is 3.67. The topological polar surface area (TPSA) is 70.5 Å². The van der Waals surface area contributed by atoms with Gasteiger partial charge in [-0.1, -0.05) is 13.8 Å². The van der Waals surface area contributed by atoms with E-state index < -0.39 is 5.97 Å². The van der Waals surface area contributed by atoms with E-state index in [9.17, 15) is 9.59 Å². The van der Waals surface area contributed by atoms with Crippen molar-refractivity contribution < 1.29 is 14.7 Å². The number of carbonyl (C=O) groups excluding carboxylic acids is 1. The first-order valence-corrected chi connectivity index (χ1v) is 6.08. The summed E-state index contributed by atoms with van der Waals surface area (Å²) < 4.78 is 0. The molecule has 0 spiro atoms. The summed E-state index contributed by atoms with van der Waals surface area (Å²) in [6.07, 6.45) is 5.29. The summed E-state index contributed by atoms with van der Waals surface area (Å²) in [5.74, 6) is -1.11. The Hall–Kier alpha value is -2.17. The molecule has 19 heavy (non-hydrogen) atoms. The average molecular weight is 262 g/mol. The molecule has 0 fully saturated rings. The van der Waals surface area contributed by atoms with Crippen molar-refractivity contribution in [3.05, 3.63) is 42.2 Å². The van der Waals surface area contributed by atoms with Gasteiger partial charge in [-0.25, -0.2) is 4.79 Å². The van der Waals surface area contributed by atoms with Gasteiger partial charge in [0.2, 0.25) is 5.91 Å². The summed E-state index contributed by atoms with van der Waals surface area (Å²) in [5.41, 5.74) is 0.965. The van der Waals surface area contributed by atoms with Crippen molar-refractivity contribution in [1.82, 2.24) is 9.88 Å². The zero-order chi connectivity index (χ0) is 14.3. The number of rotatable bonds is 6. The molecule has 1 heterocycles. The van der Waals surface area contributed by atoms with Gasteiger partial charge in [-0.15, -0.1) is 0 Å². The molecule has 1 N–H and O–H groups in total. The number of aliphatic carboxylic acids is 1. The summed E-state index contributed by atoms with van der Waals surface area (Å²) in [4.78, 5) is 27.9. The van der Waals surface area contributed by atoms with E-state index in [-0.39, 0.29) is 5.91 Å². The number of hydrogen-bond donors (Lipinski definition) is 1. The van der Waals surface area contributed by atoms with Crippen LogP contribution in [0.5, 0.6) is 0 Å². The maximum atomic E-state index is 11.9. The molecule has 0 atom stereocenters. The SMILES string of the molecule is CC(C)CN(Cc1ccncc1)C(=O)/C=C/C(=O)O. The van der Waals surface area contributed by atoms with Gasteiger partial charge in [-0.3, -0.25) is 9.78 Å². The highest BCUT2D eigenvalue weighted by molar-refractivity contribution is 5.93. The first-order valence-electron chi connectivity index (χ1n) is 6.08. The zero-order valence-electron chi connectivity index (χ0n) is 11.1. The highest BCUT2D eigenvalue weighted by Gasteiger charge is 2.13. The van der Waals surface area contributed by atoms with Gasteiger partial charge in [0.05, 0.1) is 0 Å². The fourth-order valence-corrected chi connectivity index (χ4v) is 1.63. The molecule has 0 aliphatic heterocycles. The molecule has 0 bridgehead atoms. The van der Waals surface area contributed by atoms with Gasteiger partial charge in [-0.2, -0.15) is 0 Å². The van der Waals surface area contributed by atoms with Crippen LogP contribution in [0.25, 0.3) is 0 Å². The summed E-state index contributed by atoms with van der Waals surface area (Å²) in [6.45, 7) is 5.04. The van der Waals surface area contributed by atoms with E-state index in [2.05, 4.69) is 4.98 Å². The van der Waals surface area contributed by atoms with Crippen LogP contribution in [-0.2, 0) is 16.1 Å². The molecule has 0 aromatic carbocycles. The molecular formula is C14H18N2O3. The molecule has 5 heteroatoms. The summed E-state index contributed by atoms with van der Waals surface area (Å²) >= 11 is 0. The Bertz CT molecular complexity index is 455. The summed E-state index contributed by atoms with van der Waals surface area (Å²) in [7, 11) is 0. The average Bonchev–Trinajstić information content (AvgIpc) is 2.36. The van der Waals surface area contributed by atoms with Gasteiger partial charge in [0.25, 0.3) is 0 Å². The van der Waals surface area contributed by atoms with Gasteiger partial charge in [0.15, 0.2) is 0 Å². The molecule has 1 aromatic heterocycles. The highest BCUT2D eigenvalue weighted by Crippen LogP contribution is 2.07. The molecule has 0 aliphatic carbocycles. The van der Waals surface area contributed by atoms with Gasteiger partial charge < -0.3 is 10.0 Å². The number of carboxylic acid groups (broad SMARTS) is 1. The molecule has 0 radical (unpaired) electrons. The number of aromatic nitrogens is 1. The van der Waals surface area contributed by atoms with Crippen LogP contribution >= 0.6 is 0 Å². The number of carbonyl (C=O) groups is 2. The molecular weight excluding hydrogens is 244 g/mol. The summed E-state index contributed by atoms with van der Waals surface area (Å²) in [5, 5.41) is 8.55. The second-order valence-electron chi connectivity index (χ2n) is 4.64.